The molecule has 3 aromatic heterocycles. The number of aryl methyl sites for hydroxylation is 2. The first kappa shape index (κ1) is 17.0. The number of aromatic hydroxyl groups is 1. The zero-order valence-corrected chi connectivity index (χ0v) is 16.4. The third-order valence-electron chi connectivity index (χ3n) is 4.92. The average Bonchev–Trinajstić information content (AvgIpc) is 3.27. The minimum Gasteiger partial charge on any atom is -0.492 e. The van der Waals surface area contributed by atoms with Crippen molar-refractivity contribution in [2.75, 3.05) is 32.7 Å². The Morgan fingerprint density at radius 1 is 1.20 bits per heavy atom. The molecule has 0 radical (unpaired) electrons. The Kier molecular flexibility index (Phi) is 4.53. The van der Waals surface area contributed by atoms with E-state index < -0.39 is 0 Å². The van der Waals surface area contributed by atoms with Crippen LogP contribution in [0.2, 0.25) is 0 Å². The molecule has 4 rings (SSSR count). The van der Waals surface area contributed by atoms with Gasteiger partial charge in [-0.05, 0) is 37.4 Å². The van der Waals surface area contributed by atoms with Crippen LogP contribution in [0.4, 0.5) is 0 Å². The second-order valence-corrected chi connectivity index (χ2v) is 8.44. The first-order chi connectivity index (χ1) is 12.1. The van der Waals surface area contributed by atoms with Gasteiger partial charge in [0.05, 0.1) is 10.9 Å². The number of nitrogens with zero attached hydrogens (tertiary/aromatic N) is 5. The molecule has 0 amide bonds. The number of hydrogen-bond acceptors (Lipinski definition) is 7. The first-order valence-corrected chi connectivity index (χ1v) is 10.3. The van der Waals surface area contributed by atoms with Crippen LogP contribution in [-0.2, 0) is 0 Å². The van der Waals surface area contributed by atoms with E-state index in [-0.39, 0.29) is 11.9 Å². The minimum atomic E-state index is 0.0767. The van der Waals surface area contributed by atoms with Crippen LogP contribution in [0.3, 0.4) is 0 Å². The van der Waals surface area contributed by atoms with Gasteiger partial charge in [-0.15, -0.1) is 16.4 Å². The quantitative estimate of drug-likeness (QED) is 0.758. The Morgan fingerprint density at radius 2 is 1.96 bits per heavy atom. The minimum absolute atomic E-state index is 0.0767. The van der Waals surface area contributed by atoms with Crippen LogP contribution in [-0.4, -0.2) is 62.2 Å². The lowest BCUT2D eigenvalue weighted by molar-refractivity contribution is 0.114. The molecule has 1 aliphatic rings. The predicted octanol–water partition coefficient (Wildman–Crippen LogP) is 2.90. The zero-order valence-electron chi connectivity index (χ0n) is 14.8. The monoisotopic (exact) mass is 377 g/mol. The van der Waals surface area contributed by atoms with E-state index in [9.17, 15) is 5.11 Å². The number of aromatic nitrogens is 3. The SMILES string of the molecule is CCN1CCN([C@@H](c2sccc2C)c2sc3nc(C)nn3c2O)CC1. The topological polar surface area (TPSA) is 56.9 Å². The maximum Gasteiger partial charge on any atom is 0.230 e. The van der Waals surface area contributed by atoms with Gasteiger partial charge in [0.2, 0.25) is 10.8 Å². The number of hydrogen-bond donors (Lipinski definition) is 1. The predicted molar refractivity (Wildman–Crippen MR) is 102 cm³/mol. The highest BCUT2D eigenvalue weighted by atomic mass is 32.1. The first-order valence-electron chi connectivity index (χ1n) is 8.64. The zero-order chi connectivity index (χ0) is 17.6. The smallest absolute Gasteiger partial charge is 0.230 e. The summed E-state index contributed by atoms with van der Waals surface area (Å²) >= 11 is 3.32. The molecule has 0 aromatic carbocycles. The van der Waals surface area contributed by atoms with Gasteiger partial charge in [0.25, 0.3) is 0 Å². The van der Waals surface area contributed by atoms with Crippen LogP contribution in [0.5, 0.6) is 5.88 Å². The summed E-state index contributed by atoms with van der Waals surface area (Å²) in [7, 11) is 0. The van der Waals surface area contributed by atoms with E-state index in [1.807, 2.05) is 6.92 Å². The Hall–Kier alpha value is -1.48. The van der Waals surface area contributed by atoms with Gasteiger partial charge in [-0.25, -0.2) is 4.98 Å². The highest BCUT2D eigenvalue weighted by Gasteiger charge is 2.32. The summed E-state index contributed by atoms with van der Waals surface area (Å²) in [6, 6.07) is 2.24. The second-order valence-electron chi connectivity index (χ2n) is 6.48. The van der Waals surface area contributed by atoms with Crippen molar-refractivity contribution in [3.05, 3.63) is 32.6 Å². The summed E-state index contributed by atoms with van der Waals surface area (Å²) in [6.45, 7) is 11.4. The van der Waals surface area contributed by atoms with Gasteiger partial charge in [-0.2, -0.15) is 4.52 Å². The summed E-state index contributed by atoms with van der Waals surface area (Å²) in [6.07, 6.45) is 0. The Labute approximate surface area is 155 Å². The van der Waals surface area contributed by atoms with Gasteiger partial charge < -0.3 is 10.0 Å². The molecule has 1 N–H and O–H groups in total. The number of piperazine rings is 1. The molecule has 4 heterocycles. The van der Waals surface area contributed by atoms with Gasteiger partial charge in [-0.3, -0.25) is 4.90 Å². The standard InChI is InChI=1S/C17H23N5OS2/c1-4-20-6-8-21(9-7-20)13(14-11(2)5-10-24-14)15-16(23)22-17(25-15)18-12(3)19-22/h5,10,13,23H,4,6-9H2,1-3H3/t13-/m0/s1. The average molecular weight is 378 g/mol. The van der Waals surface area contributed by atoms with Crippen molar-refractivity contribution in [2.45, 2.75) is 26.8 Å². The van der Waals surface area contributed by atoms with Crippen molar-refractivity contribution in [3.63, 3.8) is 0 Å². The van der Waals surface area contributed by atoms with E-state index in [0.717, 1.165) is 42.6 Å². The van der Waals surface area contributed by atoms with Crippen LogP contribution in [0.25, 0.3) is 4.96 Å². The molecule has 6 nitrogen and oxygen atoms in total. The lowest BCUT2D eigenvalue weighted by Crippen LogP contribution is -2.47. The molecule has 25 heavy (non-hydrogen) atoms. The fraction of sp³-hybridized carbons (Fsp3) is 0.529. The fourth-order valence-corrected chi connectivity index (χ4v) is 5.77. The highest BCUT2D eigenvalue weighted by Crippen LogP contribution is 2.42. The van der Waals surface area contributed by atoms with Crippen LogP contribution < -0.4 is 0 Å². The molecule has 8 heteroatoms. The number of rotatable bonds is 4. The number of thiazole rings is 1. The van der Waals surface area contributed by atoms with Gasteiger partial charge >= 0.3 is 0 Å². The maximum atomic E-state index is 10.8. The molecular weight excluding hydrogens is 354 g/mol. The molecular formula is C17H23N5OS2. The van der Waals surface area contributed by atoms with Gasteiger partial charge in [0.15, 0.2) is 0 Å². The van der Waals surface area contributed by atoms with Crippen molar-refractivity contribution >= 4 is 27.6 Å². The second kappa shape index (κ2) is 6.68. The summed E-state index contributed by atoms with van der Waals surface area (Å²) in [4.78, 5) is 12.4. The Bertz CT molecular complexity index is 875. The number of fused-ring (bicyclic) bond motifs is 1. The van der Waals surface area contributed by atoms with E-state index >= 15 is 0 Å². The Balaban J connectivity index is 1.76. The van der Waals surface area contributed by atoms with E-state index in [1.165, 1.54) is 10.4 Å². The van der Waals surface area contributed by atoms with Crippen LogP contribution in [0, 0.1) is 13.8 Å². The Morgan fingerprint density at radius 3 is 2.56 bits per heavy atom. The summed E-state index contributed by atoms with van der Waals surface area (Å²) in [5.41, 5.74) is 1.28. The largest absolute Gasteiger partial charge is 0.492 e. The van der Waals surface area contributed by atoms with E-state index in [1.54, 1.807) is 27.2 Å². The molecule has 0 saturated carbocycles. The van der Waals surface area contributed by atoms with Crippen molar-refractivity contribution in [1.29, 1.82) is 0 Å². The lowest BCUT2D eigenvalue weighted by Gasteiger charge is -2.38. The van der Waals surface area contributed by atoms with Crippen molar-refractivity contribution in [2.24, 2.45) is 0 Å². The third kappa shape index (κ3) is 2.97. The van der Waals surface area contributed by atoms with Crippen LogP contribution in [0.15, 0.2) is 11.4 Å². The number of likely N-dealkylation sites (N-methyl/N-ethyl adjacent to an activating group) is 1. The normalized spacial score (nSPS) is 18.2. The van der Waals surface area contributed by atoms with Crippen LogP contribution >= 0.6 is 22.7 Å². The lowest BCUT2D eigenvalue weighted by atomic mass is 10.1. The fourth-order valence-electron chi connectivity index (χ4n) is 3.48. The molecule has 3 aromatic rings. The van der Waals surface area contributed by atoms with Crippen molar-refractivity contribution in [1.82, 2.24) is 24.4 Å². The van der Waals surface area contributed by atoms with E-state index in [2.05, 4.69) is 45.2 Å². The van der Waals surface area contributed by atoms with E-state index in [0.29, 0.717) is 5.82 Å². The highest BCUT2D eigenvalue weighted by molar-refractivity contribution is 7.17. The molecule has 0 spiro atoms. The van der Waals surface area contributed by atoms with Crippen molar-refractivity contribution in [3.8, 4) is 5.88 Å². The van der Waals surface area contributed by atoms with Gasteiger partial charge in [0, 0.05) is 31.1 Å². The summed E-state index contributed by atoms with van der Waals surface area (Å²) in [5, 5.41) is 17.3. The van der Waals surface area contributed by atoms with Crippen molar-refractivity contribution < 1.29 is 5.11 Å². The molecule has 0 aliphatic carbocycles. The molecule has 0 bridgehead atoms. The molecule has 1 saturated heterocycles. The maximum absolute atomic E-state index is 10.8. The molecule has 1 fully saturated rings. The van der Waals surface area contributed by atoms with Crippen LogP contribution in [0.1, 0.15) is 34.1 Å². The number of thiophene rings is 1. The summed E-state index contributed by atoms with van der Waals surface area (Å²) in [5.74, 6) is 0.921. The van der Waals surface area contributed by atoms with Gasteiger partial charge in [0.1, 0.15) is 5.82 Å². The van der Waals surface area contributed by atoms with Gasteiger partial charge in [-0.1, -0.05) is 18.3 Å². The molecule has 1 atom stereocenters. The molecule has 1 aliphatic heterocycles. The van der Waals surface area contributed by atoms with E-state index in [4.69, 9.17) is 0 Å². The summed E-state index contributed by atoms with van der Waals surface area (Å²) < 4.78 is 1.58. The molecule has 0 unspecified atom stereocenters. The molecule has 134 valence electrons. The third-order valence-corrected chi connectivity index (χ3v) is 7.07.